The van der Waals surface area contributed by atoms with E-state index in [1.54, 1.807) is 0 Å². The Kier molecular flexibility index (Phi) is 5.11. The molecule has 0 bridgehead atoms. The lowest BCUT2D eigenvalue weighted by Crippen LogP contribution is -1.73. The third kappa shape index (κ3) is 6.30. The van der Waals surface area contributed by atoms with E-state index in [9.17, 15) is 0 Å². The Morgan fingerprint density at radius 2 is 1.33 bits per heavy atom. The normalized spacial score (nSPS) is 6.11. The monoisotopic (exact) mass is 123 g/mol. The van der Waals surface area contributed by atoms with Crippen LogP contribution in [0, 0.1) is 11.5 Å². The van der Waals surface area contributed by atoms with Crippen molar-refractivity contribution in [2.45, 2.75) is 0 Å². The van der Waals surface area contributed by atoms with Gasteiger partial charge < -0.3 is 5.73 Å². The van der Waals surface area contributed by atoms with E-state index in [1.165, 1.54) is 25.2 Å². The van der Waals surface area contributed by atoms with E-state index in [0.29, 0.717) is 0 Å². The molecule has 0 aromatic carbocycles. The number of hydrogen-bond acceptors (Lipinski definition) is 5. The minimum absolute atomic E-state index is 1.25. The predicted octanol–water partition coefficient (Wildman–Crippen LogP) is -0.702. The van der Waals surface area contributed by atoms with Crippen molar-refractivity contribution in [3.8, 4) is 6.19 Å². The average molecular weight is 123 g/mol. The van der Waals surface area contributed by atoms with Crippen molar-refractivity contribution in [2.75, 3.05) is 0 Å². The zero-order chi connectivity index (χ0) is 6.95. The summed E-state index contributed by atoms with van der Waals surface area (Å²) in [5.74, 6) is 0. The molecule has 1 aromatic rings. The molecule has 0 aliphatic heterocycles. The van der Waals surface area contributed by atoms with E-state index >= 15 is 0 Å². The van der Waals surface area contributed by atoms with Gasteiger partial charge in [0, 0.05) is 0 Å². The van der Waals surface area contributed by atoms with E-state index in [-0.39, 0.29) is 0 Å². The van der Waals surface area contributed by atoms with Crippen molar-refractivity contribution < 1.29 is 0 Å². The number of aromatic nitrogens is 3. The van der Waals surface area contributed by atoms with Crippen LogP contribution >= 0.6 is 0 Å². The second-order valence-electron chi connectivity index (χ2n) is 0.923. The van der Waals surface area contributed by atoms with Gasteiger partial charge in [-0.25, -0.2) is 15.0 Å². The maximum absolute atomic E-state index is 7.10. The molecule has 1 aromatic heterocycles. The molecule has 0 amide bonds. The molecule has 0 aliphatic rings. The first-order valence-corrected chi connectivity index (χ1v) is 2.06. The van der Waals surface area contributed by atoms with Gasteiger partial charge in [-0.1, -0.05) is 0 Å². The van der Waals surface area contributed by atoms with Crippen LogP contribution in [0.25, 0.3) is 0 Å². The summed E-state index contributed by atoms with van der Waals surface area (Å²) in [5.41, 5.74) is 4.15. The van der Waals surface area contributed by atoms with Crippen molar-refractivity contribution in [1.82, 2.24) is 15.0 Å². The molecule has 5 nitrogen and oxygen atoms in total. The van der Waals surface area contributed by atoms with Crippen LogP contribution in [0.2, 0.25) is 0 Å². The fraction of sp³-hybridized carbons (Fsp3) is 0. The molecule has 46 valence electrons. The van der Waals surface area contributed by atoms with Crippen LogP contribution in [-0.4, -0.2) is 15.0 Å². The van der Waals surface area contributed by atoms with Gasteiger partial charge >= 0.3 is 0 Å². The topological polar surface area (TPSA) is 88.5 Å². The largest absolute Gasteiger partial charge is 0.337 e. The number of nitrogens with zero attached hydrogens (tertiary/aromatic N) is 4. The first-order valence-electron chi connectivity index (χ1n) is 2.06. The van der Waals surface area contributed by atoms with E-state index in [1.807, 2.05) is 0 Å². The second kappa shape index (κ2) is 6.30. The van der Waals surface area contributed by atoms with Crippen LogP contribution in [-0.2, 0) is 0 Å². The maximum Gasteiger partial charge on any atom is 0.173 e. The van der Waals surface area contributed by atoms with Gasteiger partial charge in [-0.3, -0.25) is 0 Å². The van der Waals surface area contributed by atoms with E-state index in [4.69, 9.17) is 5.26 Å². The van der Waals surface area contributed by atoms with Gasteiger partial charge in [-0.05, 0) is 0 Å². The fourth-order valence-electron chi connectivity index (χ4n) is 0.205. The summed E-state index contributed by atoms with van der Waals surface area (Å²) < 4.78 is 0. The lowest BCUT2D eigenvalue weighted by Gasteiger charge is -1.69. The first-order chi connectivity index (χ1) is 4.41. The van der Waals surface area contributed by atoms with Gasteiger partial charge in [0.1, 0.15) is 19.0 Å². The van der Waals surface area contributed by atoms with Crippen LogP contribution < -0.4 is 5.73 Å². The predicted molar refractivity (Wildman–Crippen MR) is 29.6 cm³/mol. The van der Waals surface area contributed by atoms with Crippen molar-refractivity contribution >= 4 is 0 Å². The summed E-state index contributed by atoms with van der Waals surface area (Å²) in [4.78, 5) is 10.7. The quantitative estimate of drug-likeness (QED) is 0.364. The smallest absolute Gasteiger partial charge is 0.173 e. The highest BCUT2D eigenvalue weighted by atomic mass is 14.9. The molecule has 1 rings (SSSR count). The van der Waals surface area contributed by atoms with Gasteiger partial charge in [0.05, 0.1) is 0 Å². The van der Waals surface area contributed by atoms with Crippen molar-refractivity contribution in [2.24, 2.45) is 5.73 Å². The van der Waals surface area contributed by atoms with Gasteiger partial charge in [0.15, 0.2) is 6.19 Å². The summed E-state index contributed by atoms with van der Waals surface area (Å²) in [5, 5.41) is 7.10. The summed E-state index contributed by atoms with van der Waals surface area (Å²) in [6.45, 7) is 0. The first kappa shape index (κ1) is 7.30. The molecular formula is C4H5N5. The third-order valence-corrected chi connectivity index (χ3v) is 0.400. The molecule has 0 unspecified atom stereocenters. The molecule has 1 heterocycles. The highest BCUT2D eigenvalue weighted by molar-refractivity contribution is 4.51. The SMILES string of the molecule is N#CN.c1ncncn1. The summed E-state index contributed by atoms with van der Waals surface area (Å²) in [6.07, 6.45) is 5.56. The summed E-state index contributed by atoms with van der Waals surface area (Å²) >= 11 is 0. The molecule has 0 fully saturated rings. The number of nitriles is 1. The van der Waals surface area contributed by atoms with Crippen LogP contribution in [0.1, 0.15) is 0 Å². The van der Waals surface area contributed by atoms with Crippen LogP contribution in [0.3, 0.4) is 0 Å². The minimum Gasteiger partial charge on any atom is -0.337 e. The molecule has 5 heteroatoms. The molecule has 0 atom stereocenters. The summed E-state index contributed by atoms with van der Waals surface area (Å²) in [6, 6.07) is 0. The van der Waals surface area contributed by atoms with Crippen molar-refractivity contribution in [3.63, 3.8) is 0 Å². The van der Waals surface area contributed by atoms with Gasteiger partial charge in [0.25, 0.3) is 0 Å². The molecule has 0 saturated carbocycles. The number of rotatable bonds is 0. The molecular weight excluding hydrogens is 118 g/mol. The highest BCUT2D eigenvalue weighted by Gasteiger charge is 1.59. The van der Waals surface area contributed by atoms with Crippen LogP contribution in [0.5, 0.6) is 0 Å². The van der Waals surface area contributed by atoms with E-state index in [0.717, 1.165) is 0 Å². The standard InChI is InChI=1S/C3H3N3.CH2N2/c1-4-2-6-3-5-1;2-1-3/h1-3H;2H2. The Labute approximate surface area is 52.2 Å². The number of nitrogens with two attached hydrogens (primary N) is 1. The lowest BCUT2D eigenvalue weighted by molar-refractivity contribution is 1.05. The van der Waals surface area contributed by atoms with Crippen LogP contribution in [0.15, 0.2) is 19.0 Å². The Balaban J connectivity index is 0.000000187. The number of hydrogen-bond donors (Lipinski definition) is 1. The zero-order valence-electron chi connectivity index (χ0n) is 4.60. The molecule has 0 radical (unpaired) electrons. The molecule has 9 heavy (non-hydrogen) atoms. The maximum atomic E-state index is 7.10. The molecule has 0 saturated heterocycles. The van der Waals surface area contributed by atoms with Crippen LogP contribution in [0.4, 0.5) is 0 Å². The van der Waals surface area contributed by atoms with Gasteiger partial charge in [0.2, 0.25) is 0 Å². The van der Waals surface area contributed by atoms with Crippen molar-refractivity contribution in [3.05, 3.63) is 19.0 Å². The molecule has 0 aliphatic carbocycles. The molecule has 2 N–H and O–H groups in total. The fourth-order valence-corrected chi connectivity index (χ4v) is 0.205. The summed E-state index contributed by atoms with van der Waals surface area (Å²) in [7, 11) is 0. The van der Waals surface area contributed by atoms with Crippen molar-refractivity contribution in [1.29, 1.82) is 5.26 Å². The van der Waals surface area contributed by atoms with Gasteiger partial charge in [-0.2, -0.15) is 5.26 Å². The Hall–Kier alpha value is -1.70. The third-order valence-electron chi connectivity index (χ3n) is 0.400. The molecule has 0 spiro atoms. The lowest BCUT2D eigenvalue weighted by atomic mass is 11.1. The van der Waals surface area contributed by atoms with E-state index < -0.39 is 0 Å². The second-order valence-corrected chi connectivity index (χ2v) is 0.923. The Morgan fingerprint density at radius 3 is 1.44 bits per heavy atom. The van der Waals surface area contributed by atoms with E-state index in [2.05, 4.69) is 20.7 Å². The average Bonchev–Trinajstić information content (AvgIpc) is 1.93. The van der Waals surface area contributed by atoms with Gasteiger partial charge in [-0.15, -0.1) is 0 Å². The highest BCUT2D eigenvalue weighted by Crippen LogP contribution is 1.57. The zero-order valence-corrected chi connectivity index (χ0v) is 4.60. The minimum atomic E-state index is 1.25. The Morgan fingerprint density at radius 1 is 1.11 bits per heavy atom. The Bertz CT molecular complexity index is 139.